The molecule has 0 radical (unpaired) electrons. The highest BCUT2D eigenvalue weighted by Crippen LogP contribution is 2.25. The Kier molecular flexibility index (Phi) is 2.94. The Balaban J connectivity index is 3.20. The lowest BCUT2D eigenvalue weighted by atomic mass is 9.94. The topological polar surface area (TPSA) is 12.0 Å². The zero-order valence-electron chi connectivity index (χ0n) is 7.99. The summed E-state index contributed by atoms with van der Waals surface area (Å²) in [5.41, 5.74) is 0.192. The van der Waals surface area contributed by atoms with Gasteiger partial charge in [0.25, 0.3) is 0 Å². The van der Waals surface area contributed by atoms with Gasteiger partial charge in [-0.15, -0.1) is 0 Å². The van der Waals surface area contributed by atoms with Crippen LogP contribution in [0.4, 0.5) is 4.39 Å². The van der Waals surface area contributed by atoms with E-state index in [0.29, 0.717) is 10.6 Å². The lowest BCUT2D eigenvalue weighted by molar-refractivity contribution is 0.420. The maximum absolute atomic E-state index is 13.4. The molecular weight excluding hydrogens is 189 g/mol. The predicted octanol–water partition coefficient (Wildman–Crippen LogP) is 2.93. The molecule has 72 valence electrons. The zero-order chi connectivity index (χ0) is 10.1. The third-order valence-corrected chi connectivity index (χ3v) is 2.46. The predicted molar refractivity (Wildman–Crippen MR) is 53.5 cm³/mol. The highest BCUT2D eigenvalue weighted by atomic mass is 35.5. The smallest absolute Gasteiger partial charge is 0.128 e. The van der Waals surface area contributed by atoms with E-state index < -0.39 is 5.54 Å². The Bertz CT molecular complexity index is 310. The van der Waals surface area contributed by atoms with Gasteiger partial charge in [0.05, 0.1) is 0 Å². The van der Waals surface area contributed by atoms with E-state index in [1.54, 1.807) is 19.2 Å². The van der Waals surface area contributed by atoms with E-state index in [1.807, 2.05) is 13.8 Å². The number of hydrogen-bond acceptors (Lipinski definition) is 1. The molecule has 0 atom stereocenters. The van der Waals surface area contributed by atoms with Crippen molar-refractivity contribution in [3.8, 4) is 0 Å². The standard InChI is InChI=1S/C10H13ClFN/c1-10(2,13-3)8-6-7(11)4-5-9(8)12/h4-6,13H,1-3H3. The molecule has 0 aliphatic rings. The molecule has 0 bridgehead atoms. The molecule has 0 spiro atoms. The van der Waals surface area contributed by atoms with Crippen molar-refractivity contribution < 1.29 is 4.39 Å². The summed E-state index contributed by atoms with van der Waals surface area (Å²) in [6, 6.07) is 4.58. The fraction of sp³-hybridized carbons (Fsp3) is 0.400. The minimum Gasteiger partial charge on any atom is -0.311 e. The molecule has 0 heterocycles. The fourth-order valence-corrected chi connectivity index (χ4v) is 1.28. The molecule has 1 rings (SSSR count). The normalized spacial score (nSPS) is 11.8. The van der Waals surface area contributed by atoms with Crippen molar-refractivity contribution in [3.63, 3.8) is 0 Å². The first-order valence-electron chi connectivity index (χ1n) is 4.12. The molecular formula is C10H13ClFN. The number of benzene rings is 1. The van der Waals surface area contributed by atoms with Gasteiger partial charge in [-0.1, -0.05) is 11.6 Å². The fourth-order valence-electron chi connectivity index (χ4n) is 1.11. The average Bonchev–Trinajstić information content (AvgIpc) is 2.09. The molecule has 1 aromatic rings. The summed E-state index contributed by atoms with van der Waals surface area (Å²) in [4.78, 5) is 0. The molecule has 1 nitrogen and oxygen atoms in total. The van der Waals surface area contributed by atoms with E-state index >= 15 is 0 Å². The van der Waals surface area contributed by atoms with Gasteiger partial charge in [-0.25, -0.2) is 4.39 Å². The lowest BCUT2D eigenvalue weighted by Gasteiger charge is -2.25. The van der Waals surface area contributed by atoms with Crippen LogP contribution in [-0.4, -0.2) is 7.05 Å². The number of nitrogens with one attached hydrogen (secondary N) is 1. The van der Waals surface area contributed by atoms with Crippen molar-refractivity contribution in [2.45, 2.75) is 19.4 Å². The molecule has 0 saturated heterocycles. The molecule has 0 unspecified atom stereocenters. The molecule has 1 N–H and O–H groups in total. The molecule has 13 heavy (non-hydrogen) atoms. The van der Waals surface area contributed by atoms with Gasteiger partial charge < -0.3 is 5.32 Å². The molecule has 0 saturated carbocycles. The summed E-state index contributed by atoms with van der Waals surface area (Å²) in [6.07, 6.45) is 0. The maximum atomic E-state index is 13.4. The van der Waals surface area contributed by atoms with Gasteiger partial charge in [0, 0.05) is 16.1 Å². The maximum Gasteiger partial charge on any atom is 0.128 e. The van der Waals surface area contributed by atoms with Crippen LogP contribution in [0.1, 0.15) is 19.4 Å². The molecule has 1 aromatic carbocycles. The van der Waals surface area contributed by atoms with E-state index in [9.17, 15) is 4.39 Å². The Hall–Kier alpha value is -0.600. The van der Waals surface area contributed by atoms with Gasteiger partial charge in [0.1, 0.15) is 5.82 Å². The number of rotatable bonds is 2. The van der Waals surface area contributed by atoms with Gasteiger partial charge >= 0.3 is 0 Å². The molecule has 0 aliphatic carbocycles. The average molecular weight is 202 g/mol. The first-order chi connectivity index (χ1) is 5.97. The van der Waals surface area contributed by atoms with Crippen LogP contribution in [0.2, 0.25) is 5.02 Å². The van der Waals surface area contributed by atoms with Gasteiger partial charge in [0.15, 0.2) is 0 Å². The van der Waals surface area contributed by atoms with Crippen LogP contribution in [-0.2, 0) is 5.54 Å². The van der Waals surface area contributed by atoms with Gasteiger partial charge in [-0.3, -0.25) is 0 Å². The third-order valence-electron chi connectivity index (χ3n) is 2.23. The van der Waals surface area contributed by atoms with E-state index in [1.165, 1.54) is 6.07 Å². The monoisotopic (exact) mass is 201 g/mol. The van der Waals surface area contributed by atoms with Gasteiger partial charge in [0.2, 0.25) is 0 Å². The van der Waals surface area contributed by atoms with E-state index in [2.05, 4.69) is 5.32 Å². The van der Waals surface area contributed by atoms with E-state index in [4.69, 9.17) is 11.6 Å². The van der Waals surface area contributed by atoms with Crippen molar-refractivity contribution in [1.82, 2.24) is 5.32 Å². The van der Waals surface area contributed by atoms with E-state index in [0.717, 1.165) is 0 Å². The lowest BCUT2D eigenvalue weighted by Crippen LogP contribution is -2.34. The largest absolute Gasteiger partial charge is 0.311 e. The van der Waals surface area contributed by atoms with Crippen molar-refractivity contribution in [2.75, 3.05) is 7.05 Å². The minimum atomic E-state index is -0.394. The van der Waals surface area contributed by atoms with Gasteiger partial charge in [-0.05, 0) is 39.1 Å². The van der Waals surface area contributed by atoms with Crippen molar-refractivity contribution >= 4 is 11.6 Å². The number of halogens is 2. The summed E-state index contributed by atoms with van der Waals surface area (Å²) < 4.78 is 13.4. The third kappa shape index (κ3) is 2.20. The van der Waals surface area contributed by atoms with Crippen LogP contribution in [0.15, 0.2) is 18.2 Å². The second-order valence-electron chi connectivity index (χ2n) is 3.50. The van der Waals surface area contributed by atoms with Crippen molar-refractivity contribution in [3.05, 3.63) is 34.6 Å². The van der Waals surface area contributed by atoms with Crippen LogP contribution < -0.4 is 5.32 Å². The minimum absolute atomic E-state index is 0.233. The second-order valence-corrected chi connectivity index (χ2v) is 3.94. The summed E-state index contributed by atoms with van der Waals surface area (Å²) in [5, 5.41) is 3.58. The molecule has 0 amide bonds. The Morgan fingerprint density at radius 2 is 2.00 bits per heavy atom. The first-order valence-corrected chi connectivity index (χ1v) is 4.49. The highest BCUT2D eigenvalue weighted by Gasteiger charge is 2.21. The number of hydrogen-bond donors (Lipinski definition) is 1. The molecule has 0 aromatic heterocycles. The Morgan fingerprint density at radius 3 is 2.54 bits per heavy atom. The Morgan fingerprint density at radius 1 is 1.38 bits per heavy atom. The summed E-state index contributed by atoms with van der Waals surface area (Å²) in [6.45, 7) is 3.81. The van der Waals surface area contributed by atoms with Crippen molar-refractivity contribution in [2.24, 2.45) is 0 Å². The quantitative estimate of drug-likeness (QED) is 0.776. The van der Waals surface area contributed by atoms with Crippen LogP contribution in [0.3, 0.4) is 0 Å². The molecule has 3 heteroatoms. The van der Waals surface area contributed by atoms with Crippen LogP contribution in [0, 0.1) is 5.82 Å². The summed E-state index contributed by atoms with van der Waals surface area (Å²) in [5.74, 6) is -0.233. The first kappa shape index (κ1) is 10.5. The second kappa shape index (κ2) is 3.64. The summed E-state index contributed by atoms with van der Waals surface area (Å²) >= 11 is 5.79. The highest BCUT2D eigenvalue weighted by molar-refractivity contribution is 6.30. The SMILES string of the molecule is CNC(C)(C)c1cc(Cl)ccc1F. The summed E-state index contributed by atoms with van der Waals surface area (Å²) in [7, 11) is 1.79. The van der Waals surface area contributed by atoms with Crippen LogP contribution >= 0.6 is 11.6 Å². The van der Waals surface area contributed by atoms with E-state index in [-0.39, 0.29) is 5.82 Å². The van der Waals surface area contributed by atoms with Crippen molar-refractivity contribution in [1.29, 1.82) is 0 Å². The Labute approximate surface area is 82.9 Å². The molecule has 0 fully saturated rings. The van der Waals surface area contributed by atoms with Gasteiger partial charge in [-0.2, -0.15) is 0 Å². The van der Waals surface area contributed by atoms with Crippen LogP contribution in [0.25, 0.3) is 0 Å². The van der Waals surface area contributed by atoms with Crippen LogP contribution in [0.5, 0.6) is 0 Å². The zero-order valence-corrected chi connectivity index (χ0v) is 8.74. The molecule has 0 aliphatic heterocycles.